The molecule has 2 unspecified atom stereocenters. The summed E-state index contributed by atoms with van der Waals surface area (Å²) in [5.41, 5.74) is 0. The van der Waals surface area contributed by atoms with Crippen molar-refractivity contribution in [2.45, 2.75) is 45.8 Å². The van der Waals surface area contributed by atoms with E-state index in [2.05, 4.69) is 31.0 Å². The summed E-state index contributed by atoms with van der Waals surface area (Å²) in [6, 6.07) is 0. The first-order chi connectivity index (χ1) is 9.70. The molecule has 0 saturated carbocycles. The molecule has 2 rings (SSSR count). The average Bonchev–Trinajstić information content (AvgIpc) is 2.97. The molecule has 0 aromatic rings. The van der Waals surface area contributed by atoms with E-state index in [1.54, 1.807) is 0 Å². The molecule has 5 nitrogen and oxygen atoms in total. The first-order valence-electron chi connectivity index (χ1n) is 7.97. The Morgan fingerprint density at radius 3 is 2.67 bits per heavy atom. The number of nitrogens with zero attached hydrogens (tertiary/aromatic N) is 2. The maximum atomic E-state index is 5.90. The van der Waals surface area contributed by atoms with Gasteiger partial charge in [0.2, 0.25) is 0 Å². The van der Waals surface area contributed by atoms with Crippen molar-refractivity contribution in [2.75, 3.05) is 39.4 Å². The molecule has 2 aliphatic rings. The van der Waals surface area contributed by atoms with Gasteiger partial charge in [-0.3, -0.25) is 4.99 Å². The zero-order valence-corrected chi connectivity index (χ0v) is 15.8. The molecule has 0 aromatic heterocycles. The molecule has 2 aliphatic heterocycles. The van der Waals surface area contributed by atoms with Crippen LogP contribution in [0.2, 0.25) is 0 Å². The molecule has 21 heavy (non-hydrogen) atoms. The third-order valence-corrected chi connectivity index (χ3v) is 3.71. The van der Waals surface area contributed by atoms with Gasteiger partial charge in [-0.2, -0.15) is 0 Å². The van der Waals surface area contributed by atoms with E-state index in [1.807, 2.05) is 0 Å². The van der Waals surface area contributed by atoms with E-state index in [9.17, 15) is 0 Å². The smallest absolute Gasteiger partial charge is 0.194 e. The summed E-state index contributed by atoms with van der Waals surface area (Å²) in [4.78, 5) is 7.05. The van der Waals surface area contributed by atoms with E-state index in [-0.39, 0.29) is 36.2 Å². The Labute approximate surface area is 145 Å². The van der Waals surface area contributed by atoms with Gasteiger partial charge in [0.25, 0.3) is 0 Å². The minimum atomic E-state index is 0. The number of halogens is 1. The SMILES string of the molecule is CCNC(=NCC(C)C)N1CCOC(C2CCCO2)C1.I. The molecular weight excluding hydrogens is 381 g/mol. The van der Waals surface area contributed by atoms with E-state index in [0.717, 1.165) is 58.2 Å². The van der Waals surface area contributed by atoms with Crippen LogP contribution < -0.4 is 5.32 Å². The van der Waals surface area contributed by atoms with Crippen molar-refractivity contribution in [3.63, 3.8) is 0 Å². The van der Waals surface area contributed by atoms with E-state index in [0.29, 0.717) is 5.92 Å². The molecule has 0 spiro atoms. The zero-order chi connectivity index (χ0) is 14.4. The fourth-order valence-electron chi connectivity index (χ4n) is 2.68. The topological polar surface area (TPSA) is 46.1 Å². The van der Waals surface area contributed by atoms with Crippen molar-refractivity contribution in [1.29, 1.82) is 0 Å². The molecule has 0 aliphatic carbocycles. The summed E-state index contributed by atoms with van der Waals surface area (Å²) in [6.45, 7) is 11.7. The molecule has 0 aromatic carbocycles. The van der Waals surface area contributed by atoms with Gasteiger partial charge in [-0.1, -0.05) is 13.8 Å². The Morgan fingerprint density at radius 2 is 2.05 bits per heavy atom. The standard InChI is InChI=1S/C15H29N3O2.HI/c1-4-16-15(17-10-12(2)3)18-7-9-20-14(11-18)13-6-5-8-19-13;/h12-14H,4-11H2,1-3H3,(H,16,17);1H. The number of nitrogens with one attached hydrogen (secondary N) is 1. The summed E-state index contributed by atoms with van der Waals surface area (Å²) in [5, 5.41) is 3.40. The highest BCUT2D eigenvalue weighted by Gasteiger charge is 2.32. The van der Waals surface area contributed by atoms with Crippen molar-refractivity contribution < 1.29 is 9.47 Å². The molecule has 0 bridgehead atoms. The van der Waals surface area contributed by atoms with Crippen LogP contribution in [0.1, 0.15) is 33.6 Å². The highest BCUT2D eigenvalue weighted by atomic mass is 127. The normalized spacial score (nSPS) is 26.9. The van der Waals surface area contributed by atoms with Crippen LogP contribution in [0, 0.1) is 5.92 Å². The third kappa shape index (κ3) is 5.90. The molecule has 2 saturated heterocycles. The van der Waals surface area contributed by atoms with Crippen LogP contribution in [0.25, 0.3) is 0 Å². The van der Waals surface area contributed by atoms with Gasteiger partial charge in [-0.25, -0.2) is 0 Å². The number of rotatable bonds is 4. The molecule has 1 N–H and O–H groups in total. The Kier molecular flexibility index (Phi) is 8.89. The summed E-state index contributed by atoms with van der Waals surface area (Å²) in [7, 11) is 0. The predicted octanol–water partition coefficient (Wildman–Crippen LogP) is 2.11. The fourth-order valence-corrected chi connectivity index (χ4v) is 2.68. The van der Waals surface area contributed by atoms with Crippen LogP contribution in [0.3, 0.4) is 0 Å². The molecular formula is C15H30IN3O2. The predicted molar refractivity (Wildman–Crippen MR) is 96.5 cm³/mol. The minimum absolute atomic E-state index is 0. The lowest BCUT2D eigenvalue weighted by molar-refractivity contribution is -0.0817. The van der Waals surface area contributed by atoms with Gasteiger partial charge in [0, 0.05) is 32.8 Å². The fraction of sp³-hybridized carbons (Fsp3) is 0.933. The van der Waals surface area contributed by atoms with Gasteiger partial charge in [0.1, 0.15) is 6.10 Å². The maximum Gasteiger partial charge on any atom is 0.194 e. The number of hydrogen-bond donors (Lipinski definition) is 1. The van der Waals surface area contributed by atoms with Crippen molar-refractivity contribution in [3.05, 3.63) is 0 Å². The zero-order valence-electron chi connectivity index (χ0n) is 13.5. The van der Waals surface area contributed by atoms with Crippen LogP contribution in [-0.2, 0) is 9.47 Å². The summed E-state index contributed by atoms with van der Waals surface area (Å²) >= 11 is 0. The van der Waals surface area contributed by atoms with E-state index < -0.39 is 0 Å². The lowest BCUT2D eigenvalue weighted by Crippen LogP contribution is -2.53. The lowest BCUT2D eigenvalue weighted by atomic mass is 10.1. The molecule has 2 atom stereocenters. The van der Waals surface area contributed by atoms with Crippen LogP contribution in [0.15, 0.2) is 4.99 Å². The van der Waals surface area contributed by atoms with Gasteiger partial charge in [-0.15, -0.1) is 24.0 Å². The number of hydrogen-bond acceptors (Lipinski definition) is 3. The van der Waals surface area contributed by atoms with Crippen molar-refractivity contribution in [2.24, 2.45) is 10.9 Å². The van der Waals surface area contributed by atoms with Gasteiger partial charge < -0.3 is 19.7 Å². The number of aliphatic imine (C=N–C) groups is 1. The largest absolute Gasteiger partial charge is 0.375 e. The monoisotopic (exact) mass is 411 g/mol. The number of morpholine rings is 1. The quantitative estimate of drug-likeness (QED) is 0.437. The molecule has 2 fully saturated rings. The van der Waals surface area contributed by atoms with Crippen LogP contribution in [0.4, 0.5) is 0 Å². The molecule has 2 heterocycles. The summed E-state index contributed by atoms with van der Waals surface area (Å²) in [6.07, 6.45) is 2.74. The Hall–Kier alpha value is -0.0800. The van der Waals surface area contributed by atoms with Gasteiger partial charge in [-0.05, 0) is 25.7 Å². The van der Waals surface area contributed by atoms with Crippen molar-refractivity contribution >= 4 is 29.9 Å². The van der Waals surface area contributed by atoms with Gasteiger partial charge in [0.05, 0.1) is 12.7 Å². The Morgan fingerprint density at radius 1 is 1.29 bits per heavy atom. The minimum Gasteiger partial charge on any atom is -0.375 e. The Bertz CT molecular complexity index is 320. The summed E-state index contributed by atoms with van der Waals surface area (Å²) in [5.74, 6) is 1.60. The van der Waals surface area contributed by atoms with Crippen LogP contribution >= 0.6 is 24.0 Å². The van der Waals surface area contributed by atoms with Crippen molar-refractivity contribution in [3.8, 4) is 0 Å². The second-order valence-electron chi connectivity index (χ2n) is 6.00. The molecule has 0 radical (unpaired) electrons. The van der Waals surface area contributed by atoms with Gasteiger partial charge in [0.15, 0.2) is 5.96 Å². The Balaban J connectivity index is 0.00000220. The lowest BCUT2D eigenvalue weighted by Gasteiger charge is -2.37. The first kappa shape index (κ1) is 19.0. The van der Waals surface area contributed by atoms with Crippen molar-refractivity contribution in [1.82, 2.24) is 10.2 Å². The molecule has 124 valence electrons. The highest BCUT2D eigenvalue weighted by Crippen LogP contribution is 2.21. The maximum absolute atomic E-state index is 5.90. The van der Waals surface area contributed by atoms with E-state index in [4.69, 9.17) is 14.5 Å². The molecule has 0 amide bonds. The second kappa shape index (κ2) is 9.84. The van der Waals surface area contributed by atoms with Gasteiger partial charge >= 0.3 is 0 Å². The number of ether oxygens (including phenoxy) is 2. The summed E-state index contributed by atoms with van der Waals surface area (Å²) < 4.78 is 11.7. The third-order valence-electron chi connectivity index (χ3n) is 3.71. The highest BCUT2D eigenvalue weighted by molar-refractivity contribution is 14.0. The molecule has 6 heteroatoms. The number of guanidine groups is 1. The van der Waals surface area contributed by atoms with E-state index in [1.165, 1.54) is 0 Å². The first-order valence-corrected chi connectivity index (χ1v) is 7.97. The van der Waals surface area contributed by atoms with Crippen LogP contribution in [-0.4, -0.2) is 62.5 Å². The second-order valence-corrected chi connectivity index (χ2v) is 6.00. The van der Waals surface area contributed by atoms with E-state index >= 15 is 0 Å². The van der Waals surface area contributed by atoms with Crippen LogP contribution in [0.5, 0.6) is 0 Å². The average molecular weight is 411 g/mol.